The van der Waals surface area contributed by atoms with Gasteiger partial charge in [0.25, 0.3) is 10.0 Å². The predicted molar refractivity (Wildman–Crippen MR) is 135 cm³/mol. The zero-order valence-electron chi connectivity index (χ0n) is 20.8. The molecule has 0 atom stereocenters. The SMILES string of the molecule is CCCN(CCCc1ccc(OC(C)(C)C(=O)[O-])cc1)S(=O)(=O)c1sc2ccc(Cl)cc2c1C.[Na+]. The number of rotatable bonds is 11. The second-order valence-corrected chi connectivity index (χ2v) is 12.3. The molecule has 6 nitrogen and oxygen atoms in total. The van der Waals surface area contributed by atoms with E-state index < -0.39 is 21.6 Å². The average molecular weight is 546 g/mol. The normalized spacial score (nSPS) is 12.1. The molecule has 35 heavy (non-hydrogen) atoms. The van der Waals surface area contributed by atoms with E-state index in [-0.39, 0.29) is 29.6 Å². The monoisotopic (exact) mass is 545 g/mol. The third-order valence-corrected chi connectivity index (χ3v) is 9.57. The number of aryl methyl sites for hydroxylation is 2. The predicted octanol–water partition coefficient (Wildman–Crippen LogP) is 1.81. The third kappa shape index (κ3) is 7.22. The van der Waals surface area contributed by atoms with Gasteiger partial charge in [-0.1, -0.05) is 30.7 Å². The van der Waals surface area contributed by atoms with Gasteiger partial charge in [-0.2, -0.15) is 4.31 Å². The Morgan fingerprint density at radius 2 is 1.80 bits per heavy atom. The van der Waals surface area contributed by atoms with Crippen molar-refractivity contribution < 1.29 is 52.6 Å². The van der Waals surface area contributed by atoms with Crippen LogP contribution in [-0.2, 0) is 21.2 Å². The fourth-order valence-electron chi connectivity index (χ4n) is 3.66. The van der Waals surface area contributed by atoms with Gasteiger partial charge < -0.3 is 14.6 Å². The molecule has 0 saturated carbocycles. The summed E-state index contributed by atoms with van der Waals surface area (Å²) in [5.41, 5.74) is 0.325. The number of fused-ring (bicyclic) bond motifs is 1. The van der Waals surface area contributed by atoms with Crippen LogP contribution in [-0.4, -0.2) is 37.4 Å². The van der Waals surface area contributed by atoms with Crippen molar-refractivity contribution in [2.75, 3.05) is 13.1 Å². The average Bonchev–Trinajstić information content (AvgIpc) is 3.10. The second-order valence-electron chi connectivity index (χ2n) is 8.71. The van der Waals surface area contributed by atoms with Gasteiger partial charge in [0.05, 0.1) is 5.97 Å². The minimum atomic E-state index is -3.63. The van der Waals surface area contributed by atoms with Crippen LogP contribution in [0.25, 0.3) is 10.1 Å². The van der Waals surface area contributed by atoms with Crippen LogP contribution in [0.5, 0.6) is 5.75 Å². The van der Waals surface area contributed by atoms with Crippen molar-refractivity contribution in [3.05, 3.63) is 58.6 Å². The van der Waals surface area contributed by atoms with E-state index in [9.17, 15) is 18.3 Å². The number of benzene rings is 2. The molecule has 0 unspecified atom stereocenters. The number of halogens is 1. The van der Waals surface area contributed by atoms with Crippen LogP contribution in [0.15, 0.2) is 46.7 Å². The number of hydrogen-bond donors (Lipinski definition) is 0. The van der Waals surface area contributed by atoms with E-state index in [0.717, 1.165) is 27.6 Å². The summed E-state index contributed by atoms with van der Waals surface area (Å²) in [7, 11) is -3.63. The van der Waals surface area contributed by atoms with Crippen molar-refractivity contribution in [3.8, 4) is 5.75 Å². The number of carboxylic acids is 1. The van der Waals surface area contributed by atoms with Gasteiger partial charge in [-0.05, 0) is 86.9 Å². The molecule has 3 rings (SSSR count). The maximum atomic E-state index is 13.5. The Balaban J connectivity index is 0.00000432. The number of carbonyl (C=O) groups is 1. The molecule has 3 aromatic rings. The minimum Gasteiger partial charge on any atom is -0.546 e. The maximum Gasteiger partial charge on any atom is 1.00 e. The molecule has 10 heteroatoms. The first-order valence-electron chi connectivity index (χ1n) is 11.1. The van der Waals surface area contributed by atoms with Gasteiger partial charge in [-0.3, -0.25) is 0 Å². The largest absolute Gasteiger partial charge is 1.00 e. The van der Waals surface area contributed by atoms with Gasteiger partial charge in [-0.25, -0.2) is 8.42 Å². The number of aliphatic carboxylic acids is 1. The van der Waals surface area contributed by atoms with E-state index in [1.807, 2.05) is 38.1 Å². The third-order valence-electron chi connectivity index (χ3n) is 5.56. The molecule has 1 aromatic heterocycles. The van der Waals surface area contributed by atoms with Crippen molar-refractivity contribution in [2.24, 2.45) is 0 Å². The van der Waals surface area contributed by atoms with Gasteiger partial charge >= 0.3 is 29.6 Å². The van der Waals surface area contributed by atoms with Crippen molar-refractivity contribution >= 4 is 49.0 Å². The van der Waals surface area contributed by atoms with Crippen molar-refractivity contribution in [1.29, 1.82) is 0 Å². The summed E-state index contributed by atoms with van der Waals surface area (Å²) in [4.78, 5) is 11.1. The fourth-order valence-corrected chi connectivity index (χ4v) is 7.28. The summed E-state index contributed by atoms with van der Waals surface area (Å²) < 4.78 is 35.3. The molecule has 0 radical (unpaired) electrons. The summed E-state index contributed by atoms with van der Waals surface area (Å²) in [6.45, 7) is 7.52. The Hall–Kier alpha value is -1.13. The van der Waals surface area contributed by atoms with Crippen LogP contribution in [0, 0.1) is 6.92 Å². The molecule has 0 aliphatic carbocycles. The van der Waals surface area contributed by atoms with E-state index in [4.69, 9.17) is 16.3 Å². The van der Waals surface area contributed by atoms with E-state index in [1.165, 1.54) is 25.2 Å². The molecular weight excluding hydrogens is 517 g/mol. The first kappa shape index (κ1) is 30.1. The van der Waals surface area contributed by atoms with E-state index in [0.29, 0.717) is 40.9 Å². The Kier molecular flexibility index (Phi) is 10.7. The molecule has 0 aliphatic heterocycles. The molecule has 1 heterocycles. The van der Waals surface area contributed by atoms with Crippen LogP contribution < -0.4 is 39.4 Å². The number of carboxylic acid groups (broad SMARTS) is 1. The standard InChI is InChI=1S/C25H30ClNO5S2.Na/c1-5-14-27(34(30,31)23-17(2)21-16-19(26)10-13-22(21)33-23)15-6-7-18-8-11-20(12-9-18)32-25(3,4)24(28)29;/h8-13,16H,5-7,14-15H2,1-4H3,(H,28,29);/q;+1/p-1. The van der Waals surface area contributed by atoms with Crippen molar-refractivity contribution in [2.45, 2.75) is 56.8 Å². The van der Waals surface area contributed by atoms with Crippen molar-refractivity contribution in [1.82, 2.24) is 4.31 Å². The topological polar surface area (TPSA) is 86.7 Å². The molecular formula is C25H29ClNNaO5S2. The molecule has 0 bridgehead atoms. The van der Waals surface area contributed by atoms with Crippen molar-refractivity contribution in [3.63, 3.8) is 0 Å². The smallest absolute Gasteiger partial charge is 0.546 e. The summed E-state index contributed by atoms with van der Waals surface area (Å²) in [5, 5.41) is 12.6. The van der Waals surface area contributed by atoms with Gasteiger partial charge in [-0.15, -0.1) is 11.3 Å². The zero-order chi connectivity index (χ0) is 25.1. The van der Waals surface area contributed by atoms with Crippen LogP contribution in [0.3, 0.4) is 0 Å². The Morgan fingerprint density at radius 1 is 1.14 bits per heavy atom. The van der Waals surface area contributed by atoms with Crippen LogP contribution >= 0.6 is 22.9 Å². The van der Waals surface area contributed by atoms with Gasteiger partial charge in [0.15, 0.2) is 0 Å². The number of carbonyl (C=O) groups excluding carboxylic acids is 1. The summed E-state index contributed by atoms with van der Waals surface area (Å²) in [6.07, 6.45) is 2.05. The first-order chi connectivity index (χ1) is 16.0. The minimum absolute atomic E-state index is 0. The van der Waals surface area contributed by atoms with Gasteiger partial charge in [0.2, 0.25) is 0 Å². The van der Waals surface area contributed by atoms with Crippen LogP contribution in [0.1, 0.15) is 44.7 Å². The first-order valence-corrected chi connectivity index (χ1v) is 13.8. The summed E-state index contributed by atoms with van der Waals surface area (Å²) in [5.74, 6) is -0.848. The number of nitrogens with zero attached hydrogens (tertiary/aromatic N) is 1. The van der Waals surface area contributed by atoms with E-state index in [2.05, 4.69) is 0 Å². The fraction of sp³-hybridized carbons (Fsp3) is 0.400. The van der Waals surface area contributed by atoms with Gasteiger partial charge in [0, 0.05) is 22.8 Å². The molecule has 0 aliphatic rings. The van der Waals surface area contributed by atoms with E-state index >= 15 is 0 Å². The van der Waals surface area contributed by atoms with E-state index in [1.54, 1.807) is 22.5 Å². The summed E-state index contributed by atoms with van der Waals surface area (Å²) >= 11 is 7.40. The molecule has 0 amide bonds. The summed E-state index contributed by atoms with van der Waals surface area (Å²) in [6, 6.07) is 12.6. The number of sulfonamides is 1. The number of ether oxygens (including phenoxy) is 1. The molecule has 0 N–H and O–H groups in total. The zero-order valence-corrected chi connectivity index (χ0v) is 25.1. The molecule has 0 saturated heterocycles. The Bertz CT molecular complexity index is 1270. The van der Waals surface area contributed by atoms with Crippen LogP contribution in [0.2, 0.25) is 5.02 Å². The quantitative estimate of drug-likeness (QED) is 0.343. The number of thiophene rings is 1. The maximum absolute atomic E-state index is 13.5. The van der Waals surface area contributed by atoms with Gasteiger partial charge in [0.1, 0.15) is 15.6 Å². The number of hydrogen-bond acceptors (Lipinski definition) is 6. The molecule has 184 valence electrons. The Labute approximate surface area is 238 Å². The molecule has 2 aromatic carbocycles. The molecule has 0 spiro atoms. The Morgan fingerprint density at radius 3 is 2.40 bits per heavy atom. The molecule has 0 fully saturated rings. The van der Waals surface area contributed by atoms with Crippen LogP contribution in [0.4, 0.5) is 0 Å². The second kappa shape index (κ2) is 12.4.